The molecule has 1 aromatic rings. The van der Waals surface area contributed by atoms with E-state index >= 15 is 0 Å². The second kappa shape index (κ2) is 2.79. The molecule has 1 heteroatoms. The van der Waals surface area contributed by atoms with Gasteiger partial charge >= 0.3 is 0 Å². The third-order valence-corrected chi connectivity index (χ3v) is 1.88. The van der Waals surface area contributed by atoms with E-state index in [4.69, 9.17) is 0 Å². The quantitative estimate of drug-likeness (QED) is 0.662. The Morgan fingerprint density at radius 1 is 1.00 bits per heavy atom. The van der Waals surface area contributed by atoms with Crippen LogP contribution < -0.4 is 0 Å². The number of aromatic nitrogens is 1. The monoisotopic (exact) mass is 147 g/mol. The summed E-state index contributed by atoms with van der Waals surface area (Å²) in [4.78, 5) is 3.24. The number of aryl methyl sites for hydroxylation is 2. The lowest BCUT2D eigenvalue weighted by molar-refractivity contribution is 1.18. The van der Waals surface area contributed by atoms with Gasteiger partial charge < -0.3 is 4.98 Å². The zero-order chi connectivity index (χ0) is 8.43. The van der Waals surface area contributed by atoms with Gasteiger partial charge in [0.25, 0.3) is 0 Å². The number of hydrogen-bond acceptors (Lipinski definition) is 0. The first-order chi connectivity index (χ1) is 5.20. The van der Waals surface area contributed by atoms with Crippen LogP contribution >= 0.6 is 0 Å². The van der Waals surface area contributed by atoms with E-state index in [9.17, 15) is 0 Å². The Morgan fingerprint density at radius 3 is 1.64 bits per heavy atom. The molecule has 1 rings (SSSR count). The van der Waals surface area contributed by atoms with Gasteiger partial charge in [0.05, 0.1) is 0 Å². The molecule has 0 amide bonds. The van der Waals surface area contributed by atoms with E-state index in [-0.39, 0.29) is 0 Å². The molecule has 0 bridgehead atoms. The highest BCUT2D eigenvalue weighted by Crippen LogP contribution is 2.19. The Hall–Kier alpha value is -1.24. The highest BCUT2D eigenvalue weighted by atomic mass is 14.7. The molecule has 11 heavy (non-hydrogen) atoms. The van der Waals surface area contributed by atoms with Gasteiger partial charge in [0.1, 0.15) is 0 Å². The van der Waals surface area contributed by atoms with Crippen molar-refractivity contribution in [2.24, 2.45) is 0 Å². The smallest absolute Gasteiger partial charge is 0.0197 e. The summed E-state index contributed by atoms with van der Waals surface area (Å²) in [5.41, 5.74) is 4.65. The van der Waals surface area contributed by atoms with Crippen LogP contribution in [-0.2, 0) is 0 Å². The Bertz CT molecular complexity index is 264. The lowest BCUT2D eigenvalue weighted by atomic mass is 10.1. The molecule has 0 radical (unpaired) electrons. The minimum absolute atomic E-state index is 1.16. The number of nitrogens with one attached hydrogen (secondary N) is 1. The number of hydrogen-bond donors (Lipinski definition) is 1. The Kier molecular flexibility index (Phi) is 1.99. The molecule has 1 heterocycles. The van der Waals surface area contributed by atoms with E-state index in [0.717, 1.165) is 22.5 Å². The molecular weight excluding hydrogens is 134 g/mol. The van der Waals surface area contributed by atoms with Gasteiger partial charge in [-0.25, -0.2) is 0 Å². The van der Waals surface area contributed by atoms with Gasteiger partial charge in [0, 0.05) is 22.5 Å². The van der Waals surface area contributed by atoms with Gasteiger partial charge in [-0.1, -0.05) is 25.3 Å². The van der Waals surface area contributed by atoms with Crippen LogP contribution in [0.2, 0.25) is 0 Å². The van der Waals surface area contributed by atoms with E-state index in [0.29, 0.717) is 0 Å². The van der Waals surface area contributed by atoms with Crippen LogP contribution in [0.4, 0.5) is 0 Å². The fourth-order valence-electron chi connectivity index (χ4n) is 1.35. The standard InChI is InChI=1S/C10H13N/c1-5-9-7(3)11-8(4)10(9)6-2/h5-6,11H,1-2H2,3-4H3. The average molecular weight is 147 g/mol. The topological polar surface area (TPSA) is 15.8 Å². The van der Waals surface area contributed by atoms with Crippen molar-refractivity contribution in [3.63, 3.8) is 0 Å². The molecule has 0 atom stereocenters. The summed E-state index contributed by atoms with van der Waals surface area (Å²) in [5.74, 6) is 0. The van der Waals surface area contributed by atoms with Gasteiger partial charge in [-0.15, -0.1) is 0 Å². The van der Waals surface area contributed by atoms with Crippen molar-refractivity contribution in [1.82, 2.24) is 4.98 Å². The first-order valence-electron chi connectivity index (χ1n) is 3.64. The molecule has 0 aliphatic rings. The van der Waals surface area contributed by atoms with Crippen LogP contribution in [0, 0.1) is 13.8 Å². The van der Waals surface area contributed by atoms with Crippen molar-refractivity contribution < 1.29 is 0 Å². The minimum atomic E-state index is 1.16. The Morgan fingerprint density at radius 2 is 1.36 bits per heavy atom. The molecule has 58 valence electrons. The number of H-pyrrole nitrogens is 1. The zero-order valence-corrected chi connectivity index (χ0v) is 7.07. The second-order valence-electron chi connectivity index (χ2n) is 2.61. The van der Waals surface area contributed by atoms with Crippen molar-refractivity contribution in [3.8, 4) is 0 Å². The first-order valence-corrected chi connectivity index (χ1v) is 3.64. The molecule has 0 spiro atoms. The molecule has 0 fully saturated rings. The van der Waals surface area contributed by atoms with Crippen LogP contribution in [-0.4, -0.2) is 4.98 Å². The van der Waals surface area contributed by atoms with Crippen molar-refractivity contribution in [3.05, 3.63) is 35.7 Å². The normalized spacial score (nSPS) is 9.64. The van der Waals surface area contributed by atoms with Crippen LogP contribution in [0.3, 0.4) is 0 Å². The van der Waals surface area contributed by atoms with Gasteiger partial charge in [0.2, 0.25) is 0 Å². The number of rotatable bonds is 2. The fraction of sp³-hybridized carbons (Fsp3) is 0.200. The van der Waals surface area contributed by atoms with E-state index < -0.39 is 0 Å². The van der Waals surface area contributed by atoms with E-state index in [1.165, 1.54) is 0 Å². The summed E-state index contributed by atoms with van der Waals surface area (Å²) in [5, 5.41) is 0. The molecule has 0 saturated heterocycles. The lowest BCUT2D eigenvalue weighted by Crippen LogP contribution is -1.75. The van der Waals surface area contributed by atoms with Gasteiger partial charge in [-0.3, -0.25) is 0 Å². The summed E-state index contributed by atoms with van der Waals surface area (Å²) in [6.45, 7) is 11.6. The SMILES string of the molecule is C=Cc1c(C)[nH]c(C)c1C=C. The summed E-state index contributed by atoms with van der Waals surface area (Å²) in [6.07, 6.45) is 3.71. The Balaban J connectivity index is 3.39. The van der Waals surface area contributed by atoms with Gasteiger partial charge in [-0.05, 0) is 13.8 Å². The van der Waals surface area contributed by atoms with Crippen molar-refractivity contribution in [2.75, 3.05) is 0 Å². The predicted octanol–water partition coefficient (Wildman–Crippen LogP) is 2.92. The molecule has 0 unspecified atom stereocenters. The molecule has 1 aromatic heterocycles. The second-order valence-corrected chi connectivity index (χ2v) is 2.61. The average Bonchev–Trinajstić information content (AvgIpc) is 2.24. The maximum absolute atomic E-state index is 3.75. The minimum Gasteiger partial charge on any atom is -0.362 e. The van der Waals surface area contributed by atoms with Crippen molar-refractivity contribution >= 4 is 12.2 Å². The van der Waals surface area contributed by atoms with Gasteiger partial charge in [0.15, 0.2) is 0 Å². The summed E-state index contributed by atoms with van der Waals surface area (Å²) >= 11 is 0. The Labute approximate surface area is 67.5 Å². The first kappa shape index (κ1) is 7.86. The van der Waals surface area contributed by atoms with E-state index in [1.54, 1.807) is 0 Å². The molecule has 0 aliphatic carbocycles. The van der Waals surface area contributed by atoms with E-state index in [2.05, 4.69) is 18.1 Å². The highest BCUT2D eigenvalue weighted by Gasteiger charge is 2.04. The third-order valence-electron chi connectivity index (χ3n) is 1.88. The fourth-order valence-corrected chi connectivity index (χ4v) is 1.35. The van der Waals surface area contributed by atoms with Crippen LogP contribution in [0.25, 0.3) is 12.2 Å². The zero-order valence-electron chi connectivity index (χ0n) is 7.07. The number of aromatic amines is 1. The lowest BCUT2D eigenvalue weighted by Gasteiger charge is -1.92. The van der Waals surface area contributed by atoms with Gasteiger partial charge in [-0.2, -0.15) is 0 Å². The molecule has 1 nitrogen and oxygen atoms in total. The van der Waals surface area contributed by atoms with Crippen molar-refractivity contribution in [1.29, 1.82) is 0 Å². The predicted molar refractivity (Wildman–Crippen MR) is 50.4 cm³/mol. The summed E-state index contributed by atoms with van der Waals surface area (Å²) in [7, 11) is 0. The molecule has 0 aliphatic heterocycles. The molecule has 1 N–H and O–H groups in total. The summed E-state index contributed by atoms with van der Waals surface area (Å²) < 4.78 is 0. The van der Waals surface area contributed by atoms with E-state index in [1.807, 2.05) is 26.0 Å². The van der Waals surface area contributed by atoms with Crippen LogP contribution in [0.15, 0.2) is 13.2 Å². The van der Waals surface area contributed by atoms with Crippen molar-refractivity contribution in [2.45, 2.75) is 13.8 Å². The third kappa shape index (κ3) is 1.14. The highest BCUT2D eigenvalue weighted by molar-refractivity contribution is 5.67. The molecular formula is C10H13N. The van der Waals surface area contributed by atoms with Crippen LogP contribution in [0.5, 0.6) is 0 Å². The maximum Gasteiger partial charge on any atom is 0.0197 e. The largest absolute Gasteiger partial charge is 0.362 e. The molecule has 0 saturated carbocycles. The maximum atomic E-state index is 3.75. The molecule has 0 aromatic carbocycles. The summed E-state index contributed by atoms with van der Waals surface area (Å²) in [6, 6.07) is 0. The van der Waals surface area contributed by atoms with Crippen LogP contribution in [0.1, 0.15) is 22.5 Å².